The monoisotopic (exact) mass is 297 g/mol. The van der Waals surface area contributed by atoms with E-state index in [-0.39, 0.29) is 11.7 Å². The first-order valence-corrected chi connectivity index (χ1v) is 7.64. The normalized spacial score (nSPS) is 28.1. The van der Waals surface area contributed by atoms with Crippen LogP contribution in [0.1, 0.15) is 37.4 Å². The second-order valence-electron chi connectivity index (χ2n) is 5.94. The summed E-state index contributed by atoms with van der Waals surface area (Å²) in [5.41, 5.74) is 0.0360. The molecule has 1 N–H and O–H groups in total. The van der Waals surface area contributed by atoms with Gasteiger partial charge in [-0.1, -0.05) is 12.8 Å². The van der Waals surface area contributed by atoms with Crippen LogP contribution in [0, 0.1) is 11.6 Å². The maximum atomic E-state index is 13.7. The Morgan fingerprint density at radius 2 is 2.10 bits per heavy atom. The third-order valence-corrected chi connectivity index (χ3v) is 4.57. The molecule has 3 unspecified atom stereocenters. The average molecular weight is 297 g/mol. The van der Waals surface area contributed by atoms with Gasteiger partial charge in [-0.2, -0.15) is 0 Å². The third kappa shape index (κ3) is 3.25. The standard InChI is InChI=1S/C16H21F2NO2/c17-11-5-6-13(18)12(9-11)15(20)10-19-7-8-21-16-4-2-1-3-14(16)19/h5-6,9,14-16,20H,1-4,7-8,10H2. The SMILES string of the molecule is OC(CN1CCOC2CCCCC21)c1cc(F)ccc1F. The van der Waals surface area contributed by atoms with Crippen LogP contribution in [-0.2, 0) is 4.74 Å². The van der Waals surface area contributed by atoms with Gasteiger partial charge in [0, 0.05) is 24.7 Å². The van der Waals surface area contributed by atoms with Gasteiger partial charge in [0.25, 0.3) is 0 Å². The van der Waals surface area contributed by atoms with Crippen molar-refractivity contribution in [2.24, 2.45) is 0 Å². The number of ether oxygens (including phenoxy) is 1. The van der Waals surface area contributed by atoms with Crippen LogP contribution in [0.5, 0.6) is 0 Å². The number of fused-ring (bicyclic) bond motifs is 1. The number of β-amino-alcohol motifs (C(OH)–C–C–N with tert-alkyl or cyclic N) is 1. The fourth-order valence-electron chi connectivity index (χ4n) is 3.49. The van der Waals surface area contributed by atoms with Gasteiger partial charge in [-0.15, -0.1) is 0 Å². The van der Waals surface area contributed by atoms with E-state index in [2.05, 4.69) is 4.90 Å². The van der Waals surface area contributed by atoms with Gasteiger partial charge < -0.3 is 9.84 Å². The Morgan fingerprint density at radius 1 is 1.29 bits per heavy atom. The summed E-state index contributed by atoms with van der Waals surface area (Å²) in [4.78, 5) is 2.17. The fraction of sp³-hybridized carbons (Fsp3) is 0.625. The zero-order chi connectivity index (χ0) is 14.8. The fourth-order valence-corrected chi connectivity index (χ4v) is 3.49. The van der Waals surface area contributed by atoms with Crippen molar-refractivity contribution in [3.63, 3.8) is 0 Å². The first-order chi connectivity index (χ1) is 10.1. The van der Waals surface area contributed by atoms with Crippen LogP contribution < -0.4 is 0 Å². The summed E-state index contributed by atoms with van der Waals surface area (Å²) in [6, 6.07) is 3.51. The second-order valence-corrected chi connectivity index (χ2v) is 5.94. The molecule has 0 radical (unpaired) electrons. The molecule has 5 heteroatoms. The molecule has 1 saturated carbocycles. The lowest BCUT2D eigenvalue weighted by Crippen LogP contribution is -2.53. The largest absolute Gasteiger partial charge is 0.387 e. The maximum absolute atomic E-state index is 13.7. The van der Waals surface area contributed by atoms with Gasteiger partial charge in [0.2, 0.25) is 0 Å². The summed E-state index contributed by atoms with van der Waals surface area (Å²) < 4.78 is 32.8. The van der Waals surface area contributed by atoms with Crippen LogP contribution in [0.25, 0.3) is 0 Å². The zero-order valence-electron chi connectivity index (χ0n) is 12.0. The molecule has 3 nitrogen and oxygen atoms in total. The maximum Gasteiger partial charge on any atom is 0.129 e. The van der Waals surface area contributed by atoms with E-state index in [1.54, 1.807) is 0 Å². The number of aliphatic hydroxyl groups is 1. The lowest BCUT2D eigenvalue weighted by molar-refractivity contribution is -0.0976. The molecule has 116 valence electrons. The Morgan fingerprint density at radius 3 is 2.95 bits per heavy atom. The Balaban J connectivity index is 1.71. The van der Waals surface area contributed by atoms with Crippen LogP contribution in [0.15, 0.2) is 18.2 Å². The highest BCUT2D eigenvalue weighted by atomic mass is 19.1. The van der Waals surface area contributed by atoms with Crippen LogP contribution in [0.4, 0.5) is 8.78 Å². The molecule has 2 aliphatic rings. The third-order valence-electron chi connectivity index (χ3n) is 4.57. The second kappa shape index (κ2) is 6.38. The summed E-state index contributed by atoms with van der Waals surface area (Å²) in [6.07, 6.45) is 3.63. The lowest BCUT2D eigenvalue weighted by Gasteiger charge is -2.44. The highest BCUT2D eigenvalue weighted by Crippen LogP contribution is 2.30. The smallest absolute Gasteiger partial charge is 0.129 e. The molecule has 21 heavy (non-hydrogen) atoms. The Kier molecular flexibility index (Phi) is 4.52. The van der Waals surface area contributed by atoms with Gasteiger partial charge in [0.05, 0.1) is 18.8 Å². The number of hydrogen-bond acceptors (Lipinski definition) is 3. The number of morpholine rings is 1. The molecule has 1 aromatic carbocycles. The Labute approximate surface area is 123 Å². The van der Waals surface area contributed by atoms with E-state index in [4.69, 9.17) is 4.74 Å². The molecule has 1 aromatic rings. The van der Waals surface area contributed by atoms with Crippen LogP contribution in [0.3, 0.4) is 0 Å². The quantitative estimate of drug-likeness (QED) is 0.931. The molecule has 2 fully saturated rings. The lowest BCUT2D eigenvalue weighted by atomic mass is 9.89. The van der Waals surface area contributed by atoms with Gasteiger partial charge in [0.15, 0.2) is 0 Å². The predicted molar refractivity (Wildman–Crippen MR) is 74.9 cm³/mol. The van der Waals surface area contributed by atoms with Crippen molar-refractivity contribution >= 4 is 0 Å². The molecule has 3 rings (SSSR count). The predicted octanol–water partition coefficient (Wildman–Crippen LogP) is 2.64. The van der Waals surface area contributed by atoms with Crippen molar-refractivity contribution in [3.8, 4) is 0 Å². The van der Waals surface area contributed by atoms with E-state index in [1.807, 2.05) is 0 Å². The molecule has 1 heterocycles. The topological polar surface area (TPSA) is 32.7 Å². The van der Waals surface area contributed by atoms with E-state index in [0.717, 1.165) is 44.0 Å². The average Bonchev–Trinajstić information content (AvgIpc) is 2.50. The highest BCUT2D eigenvalue weighted by molar-refractivity contribution is 5.21. The molecule has 0 spiro atoms. The molecule has 0 amide bonds. The molecule has 1 aliphatic carbocycles. The Bertz CT molecular complexity index is 495. The van der Waals surface area contributed by atoms with E-state index < -0.39 is 17.7 Å². The van der Waals surface area contributed by atoms with Gasteiger partial charge in [-0.25, -0.2) is 8.78 Å². The van der Waals surface area contributed by atoms with Crippen molar-refractivity contribution < 1.29 is 18.6 Å². The summed E-state index contributed by atoms with van der Waals surface area (Å²) in [6.45, 7) is 1.69. The van der Waals surface area contributed by atoms with Crippen LogP contribution >= 0.6 is 0 Å². The summed E-state index contributed by atoms with van der Waals surface area (Å²) in [7, 11) is 0. The number of nitrogens with zero attached hydrogens (tertiary/aromatic N) is 1. The summed E-state index contributed by atoms with van der Waals surface area (Å²) in [5.74, 6) is -1.08. The van der Waals surface area contributed by atoms with Crippen molar-refractivity contribution in [2.45, 2.75) is 43.9 Å². The van der Waals surface area contributed by atoms with E-state index in [9.17, 15) is 13.9 Å². The minimum Gasteiger partial charge on any atom is -0.387 e. The van der Waals surface area contributed by atoms with E-state index in [1.165, 1.54) is 6.42 Å². The molecule has 3 atom stereocenters. The zero-order valence-corrected chi connectivity index (χ0v) is 12.0. The first kappa shape index (κ1) is 14.9. The van der Waals surface area contributed by atoms with Gasteiger partial charge in [0.1, 0.15) is 11.6 Å². The van der Waals surface area contributed by atoms with Crippen molar-refractivity contribution in [3.05, 3.63) is 35.4 Å². The highest BCUT2D eigenvalue weighted by Gasteiger charge is 2.35. The molecule has 1 aliphatic heterocycles. The molecule has 0 aromatic heterocycles. The van der Waals surface area contributed by atoms with Crippen molar-refractivity contribution in [1.82, 2.24) is 4.90 Å². The Hall–Kier alpha value is -1.04. The number of rotatable bonds is 3. The molecule has 0 bridgehead atoms. The van der Waals surface area contributed by atoms with Gasteiger partial charge in [-0.05, 0) is 31.0 Å². The molecule has 1 saturated heterocycles. The van der Waals surface area contributed by atoms with Gasteiger partial charge >= 0.3 is 0 Å². The van der Waals surface area contributed by atoms with E-state index >= 15 is 0 Å². The molecular formula is C16H21F2NO2. The number of aliphatic hydroxyl groups excluding tert-OH is 1. The number of halogens is 2. The van der Waals surface area contributed by atoms with Crippen LogP contribution in [0.2, 0.25) is 0 Å². The minimum atomic E-state index is -1.01. The minimum absolute atomic E-state index is 0.0360. The van der Waals surface area contributed by atoms with Crippen molar-refractivity contribution in [2.75, 3.05) is 19.7 Å². The summed E-state index contributed by atoms with van der Waals surface area (Å²) in [5, 5.41) is 10.3. The first-order valence-electron chi connectivity index (χ1n) is 7.64. The van der Waals surface area contributed by atoms with E-state index in [0.29, 0.717) is 19.2 Å². The summed E-state index contributed by atoms with van der Waals surface area (Å²) >= 11 is 0. The number of benzene rings is 1. The van der Waals surface area contributed by atoms with Crippen molar-refractivity contribution in [1.29, 1.82) is 0 Å². The number of hydrogen-bond donors (Lipinski definition) is 1. The van der Waals surface area contributed by atoms with Gasteiger partial charge in [-0.3, -0.25) is 4.90 Å². The van der Waals surface area contributed by atoms with Crippen LogP contribution in [-0.4, -0.2) is 41.8 Å². The molecular weight excluding hydrogens is 276 g/mol.